The van der Waals surface area contributed by atoms with E-state index < -0.39 is 5.91 Å². The molecule has 154 valence electrons. The molecule has 0 bridgehead atoms. The molecule has 0 spiro atoms. The molecule has 10 nitrogen and oxygen atoms in total. The van der Waals surface area contributed by atoms with Gasteiger partial charge in [-0.1, -0.05) is 0 Å². The quantitative estimate of drug-likeness (QED) is 0.757. The summed E-state index contributed by atoms with van der Waals surface area (Å²) in [6.07, 6.45) is 0. The number of benzene rings is 1. The highest BCUT2D eigenvalue weighted by Crippen LogP contribution is 2.27. The molecule has 1 aromatic carbocycles. The summed E-state index contributed by atoms with van der Waals surface area (Å²) in [6, 6.07) is 5.16. The summed E-state index contributed by atoms with van der Waals surface area (Å²) >= 11 is 0. The van der Waals surface area contributed by atoms with Crippen LogP contribution in [0.4, 0.5) is 11.9 Å². The van der Waals surface area contributed by atoms with E-state index in [1.54, 1.807) is 12.1 Å². The van der Waals surface area contributed by atoms with Crippen LogP contribution < -0.4 is 20.3 Å². The fourth-order valence-corrected chi connectivity index (χ4v) is 3.33. The maximum Gasteiger partial charge on any atom is 0.252 e. The van der Waals surface area contributed by atoms with Gasteiger partial charge in [0.1, 0.15) is 5.75 Å². The number of carbonyl (C=O) groups excluding carboxylic acids is 1. The topological polar surface area (TPSA) is 116 Å². The highest BCUT2D eigenvalue weighted by atomic mass is 16.5. The van der Waals surface area contributed by atoms with Gasteiger partial charge in [-0.25, -0.2) is 0 Å². The second kappa shape index (κ2) is 8.58. The molecule has 2 N–H and O–H groups in total. The van der Waals surface area contributed by atoms with E-state index in [1.807, 2.05) is 6.07 Å². The number of morpholine rings is 2. The van der Waals surface area contributed by atoms with Gasteiger partial charge in [-0.05, 0) is 18.2 Å². The van der Waals surface area contributed by atoms with Crippen molar-refractivity contribution < 1.29 is 19.0 Å². The van der Waals surface area contributed by atoms with Gasteiger partial charge in [-0.15, -0.1) is 0 Å². The van der Waals surface area contributed by atoms with Gasteiger partial charge in [0.05, 0.1) is 39.1 Å². The zero-order valence-corrected chi connectivity index (χ0v) is 16.3. The van der Waals surface area contributed by atoms with Crippen molar-refractivity contribution >= 4 is 17.8 Å². The standard InChI is InChI=1S/C19H24N6O4/c1-27-15-3-2-13(12-14(15)16(20)26)17-21-18(24-4-8-28-9-5-24)23-19(22-17)25-6-10-29-11-7-25/h2-3,12H,4-11H2,1H3,(H2,20,26). The molecule has 29 heavy (non-hydrogen) atoms. The number of primary amides is 1. The molecule has 1 amide bonds. The number of anilines is 2. The summed E-state index contributed by atoms with van der Waals surface area (Å²) in [5, 5.41) is 0. The Bertz CT molecular complexity index is 845. The van der Waals surface area contributed by atoms with Gasteiger partial charge in [0.15, 0.2) is 5.82 Å². The van der Waals surface area contributed by atoms with Crippen molar-refractivity contribution in [1.29, 1.82) is 0 Å². The maximum atomic E-state index is 11.8. The number of methoxy groups -OCH3 is 1. The van der Waals surface area contributed by atoms with E-state index in [0.29, 0.717) is 81.6 Å². The lowest BCUT2D eigenvalue weighted by Crippen LogP contribution is -2.40. The van der Waals surface area contributed by atoms with Crippen molar-refractivity contribution in [2.24, 2.45) is 5.73 Å². The minimum Gasteiger partial charge on any atom is -0.496 e. The molecule has 3 heterocycles. The van der Waals surface area contributed by atoms with Crippen molar-refractivity contribution in [1.82, 2.24) is 15.0 Å². The zero-order valence-electron chi connectivity index (χ0n) is 16.3. The first-order chi connectivity index (χ1) is 14.2. The first-order valence-electron chi connectivity index (χ1n) is 9.55. The normalized spacial score (nSPS) is 17.3. The number of aromatic nitrogens is 3. The van der Waals surface area contributed by atoms with E-state index in [2.05, 4.69) is 19.8 Å². The summed E-state index contributed by atoms with van der Waals surface area (Å²) in [5.74, 6) is 1.51. The van der Waals surface area contributed by atoms with Gasteiger partial charge in [-0.2, -0.15) is 15.0 Å². The molecule has 2 aliphatic heterocycles. The number of hydrogen-bond donors (Lipinski definition) is 1. The fourth-order valence-electron chi connectivity index (χ4n) is 3.33. The largest absolute Gasteiger partial charge is 0.496 e. The molecule has 0 saturated carbocycles. The Balaban J connectivity index is 1.77. The number of nitrogens with two attached hydrogens (primary N) is 1. The van der Waals surface area contributed by atoms with Gasteiger partial charge in [0, 0.05) is 31.7 Å². The van der Waals surface area contributed by atoms with E-state index >= 15 is 0 Å². The average Bonchev–Trinajstić information content (AvgIpc) is 2.79. The number of amides is 1. The smallest absolute Gasteiger partial charge is 0.252 e. The minimum atomic E-state index is -0.570. The van der Waals surface area contributed by atoms with Crippen LogP contribution >= 0.6 is 0 Å². The molecule has 1 aromatic heterocycles. The molecule has 2 aromatic rings. The molecular weight excluding hydrogens is 376 g/mol. The summed E-state index contributed by atoms with van der Waals surface area (Å²) in [6.45, 7) is 5.35. The SMILES string of the molecule is COc1ccc(-c2nc(N3CCOCC3)nc(N3CCOCC3)n2)cc1C(N)=O. The third kappa shape index (κ3) is 4.22. The van der Waals surface area contributed by atoms with E-state index in [9.17, 15) is 4.79 Å². The molecule has 4 rings (SSSR count). The number of hydrogen-bond acceptors (Lipinski definition) is 9. The third-order valence-corrected chi connectivity index (χ3v) is 4.92. The molecule has 0 aliphatic carbocycles. The summed E-state index contributed by atoms with van der Waals surface area (Å²) in [7, 11) is 1.50. The number of rotatable bonds is 5. The van der Waals surface area contributed by atoms with Crippen LogP contribution in [-0.2, 0) is 9.47 Å². The molecule has 2 saturated heterocycles. The van der Waals surface area contributed by atoms with Crippen LogP contribution in [0.1, 0.15) is 10.4 Å². The zero-order chi connectivity index (χ0) is 20.2. The summed E-state index contributed by atoms with van der Waals surface area (Å²) in [5.41, 5.74) is 6.47. The van der Waals surface area contributed by atoms with Crippen LogP contribution in [-0.4, -0.2) is 80.6 Å². The molecule has 2 fully saturated rings. The Morgan fingerprint density at radius 2 is 1.52 bits per heavy atom. The maximum absolute atomic E-state index is 11.8. The van der Waals surface area contributed by atoms with E-state index in [-0.39, 0.29) is 5.56 Å². The van der Waals surface area contributed by atoms with Gasteiger partial charge in [-0.3, -0.25) is 4.79 Å². The van der Waals surface area contributed by atoms with Crippen LogP contribution in [0.15, 0.2) is 18.2 Å². The average molecular weight is 400 g/mol. The lowest BCUT2D eigenvalue weighted by atomic mass is 10.1. The molecule has 2 aliphatic rings. The molecule has 0 unspecified atom stereocenters. The fraction of sp³-hybridized carbons (Fsp3) is 0.474. The molecular formula is C19H24N6O4. The number of ether oxygens (including phenoxy) is 3. The second-order valence-corrected chi connectivity index (χ2v) is 6.74. The predicted molar refractivity (Wildman–Crippen MR) is 106 cm³/mol. The summed E-state index contributed by atoms with van der Waals surface area (Å²) in [4.78, 5) is 30.0. The lowest BCUT2D eigenvalue weighted by molar-refractivity contribution is 0.0997. The van der Waals surface area contributed by atoms with E-state index in [1.165, 1.54) is 7.11 Å². The van der Waals surface area contributed by atoms with E-state index in [4.69, 9.17) is 24.9 Å². The van der Waals surface area contributed by atoms with Crippen LogP contribution in [0.3, 0.4) is 0 Å². The highest BCUT2D eigenvalue weighted by Gasteiger charge is 2.22. The first-order valence-corrected chi connectivity index (χ1v) is 9.55. The first kappa shape index (κ1) is 19.3. The Morgan fingerprint density at radius 3 is 2.00 bits per heavy atom. The second-order valence-electron chi connectivity index (χ2n) is 6.74. The van der Waals surface area contributed by atoms with Gasteiger partial charge in [0.25, 0.3) is 5.91 Å². The Hall–Kier alpha value is -2.98. The van der Waals surface area contributed by atoms with Crippen LogP contribution in [0.25, 0.3) is 11.4 Å². The molecule has 10 heteroatoms. The Kier molecular flexibility index (Phi) is 5.72. The number of nitrogens with zero attached hydrogens (tertiary/aromatic N) is 5. The predicted octanol–water partition coefficient (Wildman–Crippen LogP) is 0.319. The molecule has 0 radical (unpaired) electrons. The molecule has 0 atom stereocenters. The highest BCUT2D eigenvalue weighted by molar-refractivity contribution is 5.96. The van der Waals surface area contributed by atoms with Crippen molar-refractivity contribution in [3.8, 4) is 17.1 Å². The minimum absolute atomic E-state index is 0.284. The monoisotopic (exact) mass is 400 g/mol. The number of carbonyl (C=O) groups is 1. The van der Waals surface area contributed by atoms with Crippen LogP contribution in [0.5, 0.6) is 5.75 Å². The third-order valence-electron chi connectivity index (χ3n) is 4.92. The lowest BCUT2D eigenvalue weighted by Gasteiger charge is -2.30. The van der Waals surface area contributed by atoms with Crippen LogP contribution in [0, 0.1) is 0 Å². The van der Waals surface area contributed by atoms with Crippen molar-refractivity contribution in [3.05, 3.63) is 23.8 Å². The van der Waals surface area contributed by atoms with E-state index in [0.717, 1.165) is 0 Å². The van der Waals surface area contributed by atoms with Gasteiger partial charge < -0.3 is 29.7 Å². The summed E-state index contributed by atoms with van der Waals surface area (Å²) < 4.78 is 16.1. The van der Waals surface area contributed by atoms with Gasteiger partial charge in [0.2, 0.25) is 11.9 Å². The van der Waals surface area contributed by atoms with Gasteiger partial charge >= 0.3 is 0 Å². The van der Waals surface area contributed by atoms with Crippen molar-refractivity contribution in [2.45, 2.75) is 0 Å². The Labute approximate surface area is 168 Å². The van der Waals surface area contributed by atoms with Crippen LogP contribution in [0.2, 0.25) is 0 Å². The van der Waals surface area contributed by atoms with Crippen molar-refractivity contribution in [2.75, 3.05) is 69.5 Å². The Morgan fingerprint density at radius 1 is 0.966 bits per heavy atom. The van der Waals surface area contributed by atoms with Crippen molar-refractivity contribution in [3.63, 3.8) is 0 Å².